The number of nitro groups is 1. The van der Waals surface area contributed by atoms with Crippen LogP contribution in [0.3, 0.4) is 0 Å². The third-order valence-electron chi connectivity index (χ3n) is 3.07. The summed E-state index contributed by atoms with van der Waals surface area (Å²) >= 11 is 0. The van der Waals surface area contributed by atoms with Crippen LogP contribution in [0.2, 0.25) is 0 Å². The zero-order valence-corrected chi connectivity index (χ0v) is 9.14. The van der Waals surface area contributed by atoms with Gasteiger partial charge in [-0.25, -0.2) is 0 Å². The van der Waals surface area contributed by atoms with Gasteiger partial charge in [0.2, 0.25) is 0 Å². The number of nitrogens with one attached hydrogen (secondary N) is 1. The highest BCUT2D eigenvalue weighted by molar-refractivity contribution is 5.65. The first-order valence-electron chi connectivity index (χ1n) is 5.35. The van der Waals surface area contributed by atoms with Gasteiger partial charge < -0.3 is 11.1 Å². The summed E-state index contributed by atoms with van der Waals surface area (Å²) in [5.41, 5.74) is 6.61. The van der Waals surface area contributed by atoms with Crippen molar-refractivity contribution in [3.8, 4) is 0 Å². The number of nitrogens with zero attached hydrogens (tertiary/aromatic N) is 1. The van der Waals surface area contributed by atoms with Crippen LogP contribution in [0.5, 0.6) is 0 Å². The lowest BCUT2D eigenvalue weighted by Crippen LogP contribution is -2.05. The molecule has 0 bridgehead atoms. The van der Waals surface area contributed by atoms with Gasteiger partial charge in [-0.2, -0.15) is 0 Å². The van der Waals surface area contributed by atoms with Crippen molar-refractivity contribution in [3.63, 3.8) is 0 Å². The number of anilines is 2. The molecular formula is C11H15N3O2. The predicted octanol–water partition coefficient (Wildman–Crippen LogP) is 2.24. The lowest BCUT2D eigenvalue weighted by molar-refractivity contribution is -0.383. The Morgan fingerprint density at radius 3 is 2.81 bits per heavy atom. The van der Waals surface area contributed by atoms with Gasteiger partial charge in [-0.05, 0) is 30.4 Å². The number of benzene rings is 1. The standard InChI is InChI=1S/C11H15N3O2/c1-7-4-8(7)6-13-9-2-3-11(14(15)16)10(12)5-9/h2-3,5,7-8,13H,4,6,12H2,1H3. The van der Waals surface area contributed by atoms with E-state index in [0.29, 0.717) is 0 Å². The van der Waals surface area contributed by atoms with E-state index in [9.17, 15) is 10.1 Å². The summed E-state index contributed by atoms with van der Waals surface area (Å²) in [6.07, 6.45) is 1.26. The fourth-order valence-corrected chi connectivity index (χ4v) is 1.76. The summed E-state index contributed by atoms with van der Waals surface area (Å²) < 4.78 is 0. The third kappa shape index (κ3) is 2.24. The second-order valence-electron chi connectivity index (χ2n) is 4.38. The van der Waals surface area contributed by atoms with Crippen molar-refractivity contribution < 1.29 is 4.92 Å². The summed E-state index contributed by atoms with van der Waals surface area (Å²) in [7, 11) is 0. The van der Waals surface area contributed by atoms with Crippen molar-refractivity contribution >= 4 is 17.1 Å². The Labute approximate surface area is 93.8 Å². The van der Waals surface area contributed by atoms with E-state index in [4.69, 9.17) is 5.73 Å². The van der Waals surface area contributed by atoms with Crippen molar-refractivity contribution in [3.05, 3.63) is 28.3 Å². The summed E-state index contributed by atoms with van der Waals surface area (Å²) in [6.45, 7) is 3.13. The highest BCUT2D eigenvalue weighted by Crippen LogP contribution is 2.37. The summed E-state index contributed by atoms with van der Waals surface area (Å²) in [6, 6.07) is 4.75. The Balaban J connectivity index is 2.00. The van der Waals surface area contributed by atoms with E-state index < -0.39 is 4.92 Å². The summed E-state index contributed by atoms with van der Waals surface area (Å²) in [4.78, 5) is 10.1. The van der Waals surface area contributed by atoms with Crippen molar-refractivity contribution in [1.82, 2.24) is 0 Å². The predicted molar refractivity (Wildman–Crippen MR) is 63.3 cm³/mol. The molecule has 1 saturated carbocycles. The Kier molecular flexibility index (Phi) is 2.68. The van der Waals surface area contributed by atoms with Crippen LogP contribution in [0.25, 0.3) is 0 Å². The maximum Gasteiger partial charge on any atom is 0.292 e. The maximum absolute atomic E-state index is 10.6. The largest absolute Gasteiger partial charge is 0.393 e. The molecule has 0 radical (unpaired) electrons. The molecule has 0 amide bonds. The molecule has 1 aromatic rings. The molecular weight excluding hydrogens is 206 g/mol. The highest BCUT2D eigenvalue weighted by atomic mass is 16.6. The Morgan fingerprint density at radius 1 is 1.62 bits per heavy atom. The van der Waals surface area contributed by atoms with E-state index in [2.05, 4.69) is 12.2 Å². The van der Waals surface area contributed by atoms with Gasteiger partial charge >= 0.3 is 0 Å². The van der Waals surface area contributed by atoms with E-state index in [1.807, 2.05) is 0 Å². The third-order valence-corrected chi connectivity index (χ3v) is 3.07. The SMILES string of the molecule is CC1CC1CNc1ccc([N+](=O)[O-])c(N)c1. The molecule has 2 atom stereocenters. The van der Waals surface area contributed by atoms with Crippen molar-refractivity contribution in [2.75, 3.05) is 17.6 Å². The van der Waals surface area contributed by atoms with Crippen LogP contribution in [-0.2, 0) is 0 Å². The molecule has 0 spiro atoms. The minimum Gasteiger partial charge on any atom is -0.393 e. The van der Waals surface area contributed by atoms with Gasteiger partial charge in [0.25, 0.3) is 5.69 Å². The molecule has 1 aliphatic carbocycles. The van der Waals surface area contributed by atoms with Gasteiger partial charge in [0.15, 0.2) is 0 Å². The Hall–Kier alpha value is -1.78. The van der Waals surface area contributed by atoms with Gasteiger partial charge in [-0.15, -0.1) is 0 Å². The van der Waals surface area contributed by atoms with Gasteiger partial charge in [0, 0.05) is 18.3 Å². The zero-order valence-electron chi connectivity index (χ0n) is 9.14. The smallest absolute Gasteiger partial charge is 0.292 e. The molecule has 5 nitrogen and oxygen atoms in total. The minimum atomic E-state index is -0.470. The molecule has 1 aromatic carbocycles. The average Bonchev–Trinajstić information content (AvgIpc) is 2.91. The molecule has 16 heavy (non-hydrogen) atoms. The lowest BCUT2D eigenvalue weighted by Gasteiger charge is -2.06. The fourth-order valence-electron chi connectivity index (χ4n) is 1.76. The molecule has 5 heteroatoms. The highest BCUT2D eigenvalue weighted by Gasteiger charge is 2.31. The quantitative estimate of drug-likeness (QED) is 0.464. The number of nitrogen functional groups attached to an aromatic ring is 1. The molecule has 0 heterocycles. The summed E-state index contributed by atoms with van der Waals surface area (Å²) in [5.74, 6) is 1.53. The van der Waals surface area contributed by atoms with E-state index in [1.54, 1.807) is 12.1 Å². The van der Waals surface area contributed by atoms with E-state index in [0.717, 1.165) is 24.1 Å². The topological polar surface area (TPSA) is 81.2 Å². The van der Waals surface area contributed by atoms with E-state index in [-0.39, 0.29) is 11.4 Å². The molecule has 0 aliphatic heterocycles. The van der Waals surface area contributed by atoms with Crippen LogP contribution in [-0.4, -0.2) is 11.5 Å². The zero-order chi connectivity index (χ0) is 11.7. The first-order chi connectivity index (χ1) is 7.58. The van der Waals surface area contributed by atoms with Gasteiger partial charge in [-0.1, -0.05) is 6.92 Å². The van der Waals surface area contributed by atoms with Gasteiger partial charge in [0.1, 0.15) is 5.69 Å². The molecule has 1 aliphatic rings. The van der Waals surface area contributed by atoms with Crippen LogP contribution in [0.15, 0.2) is 18.2 Å². The van der Waals surface area contributed by atoms with Crippen molar-refractivity contribution in [2.24, 2.45) is 11.8 Å². The molecule has 1 fully saturated rings. The lowest BCUT2D eigenvalue weighted by atomic mass is 10.2. The maximum atomic E-state index is 10.6. The van der Waals surface area contributed by atoms with Crippen molar-refractivity contribution in [2.45, 2.75) is 13.3 Å². The number of rotatable bonds is 4. The molecule has 2 unspecified atom stereocenters. The summed E-state index contributed by atoms with van der Waals surface area (Å²) in [5, 5.41) is 13.8. The van der Waals surface area contributed by atoms with Crippen LogP contribution in [0, 0.1) is 22.0 Å². The number of hydrogen-bond donors (Lipinski definition) is 2. The van der Waals surface area contributed by atoms with Crippen LogP contribution >= 0.6 is 0 Å². The normalized spacial score (nSPS) is 22.8. The fraction of sp³-hybridized carbons (Fsp3) is 0.455. The second kappa shape index (κ2) is 4.00. The molecule has 0 aromatic heterocycles. The van der Waals surface area contributed by atoms with Crippen LogP contribution in [0.1, 0.15) is 13.3 Å². The number of hydrogen-bond acceptors (Lipinski definition) is 4. The molecule has 3 N–H and O–H groups in total. The number of nitrogens with two attached hydrogens (primary N) is 1. The van der Waals surface area contributed by atoms with Crippen molar-refractivity contribution in [1.29, 1.82) is 0 Å². The van der Waals surface area contributed by atoms with Crippen LogP contribution < -0.4 is 11.1 Å². The van der Waals surface area contributed by atoms with Crippen LogP contribution in [0.4, 0.5) is 17.1 Å². The van der Waals surface area contributed by atoms with Gasteiger partial charge in [0.05, 0.1) is 4.92 Å². The Morgan fingerprint density at radius 2 is 2.31 bits per heavy atom. The van der Waals surface area contributed by atoms with Gasteiger partial charge in [-0.3, -0.25) is 10.1 Å². The minimum absolute atomic E-state index is 0.0367. The number of nitro benzene ring substituents is 1. The molecule has 86 valence electrons. The second-order valence-corrected chi connectivity index (χ2v) is 4.38. The van der Waals surface area contributed by atoms with E-state index >= 15 is 0 Å². The average molecular weight is 221 g/mol. The Bertz CT molecular complexity index is 420. The van der Waals surface area contributed by atoms with E-state index in [1.165, 1.54) is 12.5 Å². The molecule has 0 saturated heterocycles. The first-order valence-corrected chi connectivity index (χ1v) is 5.35. The molecule has 2 rings (SSSR count). The first kappa shape index (κ1) is 10.7. The monoisotopic (exact) mass is 221 g/mol.